The van der Waals surface area contributed by atoms with Gasteiger partial charge in [-0.15, -0.1) is 11.3 Å². The maximum absolute atomic E-state index is 12.7. The molecule has 140 valence electrons. The third-order valence-corrected chi connectivity index (χ3v) is 9.17. The van der Waals surface area contributed by atoms with E-state index in [2.05, 4.69) is 27.1 Å². The lowest BCUT2D eigenvalue weighted by Gasteiger charge is -2.45. The molecule has 0 bridgehead atoms. The number of aryl methyl sites for hydroxylation is 2. The third kappa shape index (κ3) is 3.69. The summed E-state index contributed by atoms with van der Waals surface area (Å²) < 4.78 is 24.9. The van der Waals surface area contributed by atoms with Crippen LogP contribution >= 0.6 is 11.3 Å². The lowest BCUT2D eigenvalue weighted by molar-refractivity contribution is 0.274. The average Bonchev–Trinajstić information content (AvgIpc) is 2.91. The fourth-order valence-corrected chi connectivity index (χ4v) is 6.95. The van der Waals surface area contributed by atoms with E-state index in [1.807, 2.05) is 6.92 Å². The summed E-state index contributed by atoms with van der Waals surface area (Å²) >= 11 is 1.69. The summed E-state index contributed by atoms with van der Waals surface area (Å²) in [6, 6.07) is 0. The predicted octanol–water partition coefficient (Wildman–Crippen LogP) is 2.27. The number of aliphatic imine (C=N–C) groups is 1. The smallest absolute Gasteiger partial charge is 0.194 e. The summed E-state index contributed by atoms with van der Waals surface area (Å²) in [4.78, 5) is 12.3. The van der Waals surface area contributed by atoms with Gasteiger partial charge >= 0.3 is 0 Å². The van der Waals surface area contributed by atoms with E-state index < -0.39 is 14.6 Å². The van der Waals surface area contributed by atoms with Gasteiger partial charge in [0.25, 0.3) is 0 Å². The highest BCUT2D eigenvalue weighted by Crippen LogP contribution is 2.38. The zero-order valence-corrected chi connectivity index (χ0v) is 17.0. The highest BCUT2D eigenvalue weighted by atomic mass is 32.2. The molecule has 1 N–H and O–H groups in total. The average molecular weight is 385 g/mol. The van der Waals surface area contributed by atoms with Gasteiger partial charge in [-0.3, -0.25) is 4.99 Å². The number of thiazole rings is 1. The van der Waals surface area contributed by atoms with Crippen LogP contribution in [0, 0.1) is 13.8 Å². The van der Waals surface area contributed by atoms with Crippen molar-refractivity contribution in [3.8, 4) is 0 Å². The van der Waals surface area contributed by atoms with Gasteiger partial charge in [0.1, 0.15) is 5.01 Å². The Bertz CT molecular complexity index is 729. The zero-order chi connectivity index (χ0) is 18.1. The highest BCUT2D eigenvalue weighted by Gasteiger charge is 2.48. The quantitative estimate of drug-likeness (QED) is 0.625. The van der Waals surface area contributed by atoms with Gasteiger partial charge in [0, 0.05) is 25.0 Å². The van der Waals surface area contributed by atoms with Crippen LogP contribution in [0.15, 0.2) is 4.99 Å². The largest absolute Gasteiger partial charge is 0.350 e. The Balaban J connectivity index is 1.71. The second kappa shape index (κ2) is 7.23. The molecule has 0 aromatic carbocycles. The Morgan fingerprint density at radius 3 is 2.64 bits per heavy atom. The molecule has 0 amide bonds. The van der Waals surface area contributed by atoms with Crippen molar-refractivity contribution < 1.29 is 8.42 Å². The van der Waals surface area contributed by atoms with Gasteiger partial charge in [-0.1, -0.05) is 19.3 Å². The number of sulfone groups is 1. The Hall–Kier alpha value is -1.15. The second-order valence-electron chi connectivity index (χ2n) is 7.13. The Morgan fingerprint density at radius 1 is 1.32 bits per heavy atom. The zero-order valence-electron chi connectivity index (χ0n) is 15.3. The van der Waals surface area contributed by atoms with Crippen molar-refractivity contribution in [1.82, 2.24) is 15.2 Å². The molecule has 2 aliphatic rings. The van der Waals surface area contributed by atoms with Crippen molar-refractivity contribution in [2.45, 2.75) is 57.2 Å². The summed E-state index contributed by atoms with van der Waals surface area (Å²) in [5.41, 5.74) is 1.07. The Kier molecular flexibility index (Phi) is 5.39. The molecule has 0 unspecified atom stereocenters. The number of nitrogens with one attached hydrogen (secondary N) is 1. The number of aromatic nitrogens is 1. The molecule has 25 heavy (non-hydrogen) atoms. The van der Waals surface area contributed by atoms with E-state index in [1.54, 1.807) is 18.4 Å². The molecule has 1 aromatic rings. The van der Waals surface area contributed by atoms with E-state index in [-0.39, 0.29) is 5.75 Å². The molecule has 0 atom stereocenters. The maximum atomic E-state index is 12.7. The molecular formula is C17H28N4O2S2. The van der Waals surface area contributed by atoms with Crippen molar-refractivity contribution in [2.75, 3.05) is 25.9 Å². The van der Waals surface area contributed by atoms with E-state index in [0.29, 0.717) is 19.6 Å². The van der Waals surface area contributed by atoms with E-state index in [9.17, 15) is 8.42 Å². The molecule has 2 fully saturated rings. The first kappa shape index (κ1) is 18.6. The minimum absolute atomic E-state index is 0.225. The van der Waals surface area contributed by atoms with Crippen molar-refractivity contribution in [2.24, 2.45) is 4.99 Å². The fraction of sp³-hybridized carbons (Fsp3) is 0.765. The number of hydrogen-bond acceptors (Lipinski definition) is 5. The van der Waals surface area contributed by atoms with Crippen molar-refractivity contribution >= 4 is 27.1 Å². The van der Waals surface area contributed by atoms with Crippen LogP contribution in [-0.2, 0) is 16.4 Å². The van der Waals surface area contributed by atoms with E-state index in [1.165, 1.54) is 4.88 Å². The van der Waals surface area contributed by atoms with Crippen molar-refractivity contribution in [1.29, 1.82) is 0 Å². The summed E-state index contributed by atoms with van der Waals surface area (Å²) in [7, 11) is -1.26. The van der Waals surface area contributed by atoms with Crippen LogP contribution in [0.5, 0.6) is 0 Å². The van der Waals surface area contributed by atoms with Crippen molar-refractivity contribution in [3.63, 3.8) is 0 Å². The van der Waals surface area contributed by atoms with Crippen LogP contribution in [0.25, 0.3) is 0 Å². The molecule has 6 nitrogen and oxygen atoms in total. The molecule has 0 radical (unpaired) electrons. The minimum Gasteiger partial charge on any atom is -0.350 e. The summed E-state index contributed by atoms with van der Waals surface area (Å²) in [6.45, 7) is 5.80. The van der Waals surface area contributed by atoms with Gasteiger partial charge in [0.15, 0.2) is 15.8 Å². The SMILES string of the molecule is CN=C(NCc1nc(C)c(C)s1)N1CCS(=O)(=O)C2(CCCCC2)C1. The van der Waals surface area contributed by atoms with Gasteiger partial charge < -0.3 is 10.2 Å². The summed E-state index contributed by atoms with van der Waals surface area (Å²) in [5, 5.41) is 4.41. The monoisotopic (exact) mass is 384 g/mol. The molecular weight excluding hydrogens is 356 g/mol. The van der Waals surface area contributed by atoms with Crippen LogP contribution in [-0.4, -0.2) is 54.9 Å². The number of nitrogens with zero attached hydrogens (tertiary/aromatic N) is 3. The van der Waals surface area contributed by atoms with Gasteiger partial charge in [-0.25, -0.2) is 13.4 Å². The number of rotatable bonds is 2. The van der Waals surface area contributed by atoms with Crippen LogP contribution in [0.3, 0.4) is 0 Å². The van der Waals surface area contributed by atoms with Crippen molar-refractivity contribution in [3.05, 3.63) is 15.6 Å². The van der Waals surface area contributed by atoms with E-state index >= 15 is 0 Å². The molecule has 1 saturated heterocycles. The first-order valence-corrected chi connectivity index (χ1v) is 11.4. The van der Waals surface area contributed by atoms with Gasteiger partial charge in [-0.05, 0) is 26.7 Å². The lowest BCUT2D eigenvalue weighted by Crippen LogP contribution is -2.60. The van der Waals surface area contributed by atoms with Gasteiger partial charge in [0.05, 0.1) is 22.7 Å². The standard InChI is InChI=1S/C17H28N4O2S2/c1-13-14(2)24-15(20-13)11-19-16(18-3)21-9-10-25(22,23)17(12-21)7-5-4-6-8-17/h4-12H2,1-3H3,(H,18,19). The lowest BCUT2D eigenvalue weighted by atomic mass is 9.87. The summed E-state index contributed by atoms with van der Waals surface area (Å²) in [5.74, 6) is 1.01. The first-order chi connectivity index (χ1) is 11.9. The number of hydrogen-bond donors (Lipinski definition) is 1. The van der Waals surface area contributed by atoms with Gasteiger partial charge in [-0.2, -0.15) is 0 Å². The van der Waals surface area contributed by atoms with Crippen LogP contribution in [0.4, 0.5) is 0 Å². The molecule has 1 spiro atoms. The molecule has 8 heteroatoms. The van der Waals surface area contributed by atoms with Gasteiger partial charge in [0.2, 0.25) is 0 Å². The molecule has 1 aliphatic heterocycles. The van der Waals surface area contributed by atoms with Crippen LogP contribution in [0.2, 0.25) is 0 Å². The van der Waals surface area contributed by atoms with E-state index in [0.717, 1.165) is 48.8 Å². The maximum Gasteiger partial charge on any atom is 0.194 e. The summed E-state index contributed by atoms with van der Waals surface area (Å²) in [6.07, 6.45) is 4.74. The van der Waals surface area contributed by atoms with Crippen LogP contribution < -0.4 is 5.32 Å². The molecule has 3 rings (SSSR count). The fourth-order valence-electron chi connectivity index (χ4n) is 3.92. The topological polar surface area (TPSA) is 74.7 Å². The molecule has 1 aromatic heterocycles. The predicted molar refractivity (Wildman–Crippen MR) is 103 cm³/mol. The Morgan fingerprint density at radius 2 is 2.04 bits per heavy atom. The third-order valence-electron chi connectivity index (χ3n) is 5.52. The van der Waals surface area contributed by atoms with E-state index in [4.69, 9.17) is 0 Å². The first-order valence-electron chi connectivity index (χ1n) is 8.98. The number of guanidine groups is 1. The molecule has 1 aliphatic carbocycles. The Labute approximate surface area is 154 Å². The second-order valence-corrected chi connectivity index (χ2v) is 10.9. The molecule has 1 saturated carbocycles. The molecule has 2 heterocycles. The highest BCUT2D eigenvalue weighted by molar-refractivity contribution is 7.92. The normalized spacial score (nSPS) is 23.0. The minimum atomic E-state index is -3.02. The van der Waals surface area contributed by atoms with Crippen LogP contribution in [0.1, 0.15) is 47.7 Å².